The molecule has 0 spiro atoms. The lowest BCUT2D eigenvalue weighted by molar-refractivity contribution is -0.136. The summed E-state index contributed by atoms with van der Waals surface area (Å²) in [6.07, 6.45) is 7.07. The number of ketones is 1. The molecule has 0 saturated carbocycles. The number of hydrogen-bond acceptors (Lipinski definition) is 4. The van der Waals surface area contributed by atoms with E-state index in [9.17, 15) is 9.59 Å². The second kappa shape index (κ2) is 7.93. The quantitative estimate of drug-likeness (QED) is 0.290. The van der Waals surface area contributed by atoms with Crippen molar-refractivity contribution < 1.29 is 14.3 Å². The first-order chi connectivity index (χ1) is 14.1. The Labute approximate surface area is 171 Å². The Morgan fingerprint density at radius 3 is 2.93 bits per heavy atom. The van der Waals surface area contributed by atoms with Crippen LogP contribution in [-0.4, -0.2) is 32.7 Å². The third-order valence-electron chi connectivity index (χ3n) is 4.73. The summed E-state index contributed by atoms with van der Waals surface area (Å²) in [5.74, 6) is -0.895. The zero-order valence-electron chi connectivity index (χ0n) is 15.7. The van der Waals surface area contributed by atoms with Gasteiger partial charge in [-0.25, -0.2) is 9.78 Å². The molecule has 146 valence electrons. The molecule has 0 radical (unpaired) electrons. The second-order valence-corrected chi connectivity index (χ2v) is 6.83. The number of aromatic nitrogens is 3. The fourth-order valence-electron chi connectivity index (χ4n) is 3.29. The van der Waals surface area contributed by atoms with Gasteiger partial charge in [0.15, 0.2) is 11.8 Å². The number of carbonyl (C=O) groups excluding carboxylic acids is 2. The average molecular weight is 408 g/mol. The summed E-state index contributed by atoms with van der Waals surface area (Å²) >= 11 is 6.13. The Hall–Kier alpha value is -3.38. The molecule has 7 heteroatoms. The number of Topliss-reactive ketones (excluding diaryl/α,β-unsaturated/α-hetero) is 1. The van der Waals surface area contributed by atoms with Gasteiger partial charge in [-0.2, -0.15) is 0 Å². The number of para-hydroxylation sites is 1. The van der Waals surface area contributed by atoms with E-state index < -0.39 is 5.97 Å². The van der Waals surface area contributed by atoms with E-state index in [0.29, 0.717) is 16.9 Å². The number of hydrogen-bond donors (Lipinski definition) is 1. The van der Waals surface area contributed by atoms with Gasteiger partial charge >= 0.3 is 5.97 Å². The van der Waals surface area contributed by atoms with Gasteiger partial charge in [0.2, 0.25) is 5.78 Å². The molecule has 0 aliphatic heterocycles. The monoisotopic (exact) mass is 407 g/mol. The average Bonchev–Trinajstić information content (AvgIpc) is 3.30. The van der Waals surface area contributed by atoms with Crippen LogP contribution >= 0.6 is 11.6 Å². The van der Waals surface area contributed by atoms with Crippen molar-refractivity contribution >= 4 is 46.0 Å². The summed E-state index contributed by atoms with van der Waals surface area (Å²) in [6.45, 7) is 1.72. The summed E-state index contributed by atoms with van der Waals surface area (Å²) in [4.78, 5) is 32.0. The van der Waals surface area contributed by atoms with E-state index in [1.807, 2.05) is 36.4 Å². The number of aryl methyl sites for hydroxylation is 1. The number of nitrogens with zero attached hydrogens (tertiary/aromatic N) is 2. The lowest BCUT2D eigenvalue weighted by atomic mass is 10.1. The summed E-state index contributed by atoms with van der Waals surface area (Å²) in [5, 5.41) is 1.11. The molecule has 3 heterocycles. The maximum atomic E-state index is 12.5. The summed E-state index contributed by atoms with van der Waals surface area (Å²) in [5.41, 5.74) is 3.82. The van der Waals surface area contributed by atoms with Crippen molar-refractivity contribution in [2.45, 2.75) is 13.3 Å². The van der Waals surface area contributed by atoms with E-state index in [2.05, 4.69) is 16.9 Å². The van der Waals surface area contributed by atoms with Crippen molar-refractivity contribution in [2.24, 2.45) is 0 Å². The minimum Gasteiger partial charge on any atom is -0.454 e. The number of H-pyrrole nitrogens is 1. The first-order valence-corrected chi connectivity index (χ1v) is 9.56. The van der Waals surface area contributed by atoms with Gasteiger partial charge in [-0.1, -0.05) is 42.8 Å². The number of imidazole rings is 1. The molecular weight excluding hydrogens is 390 g/mol. The molecule has 0 aliphatic carbocycles. The van der Waals surface area contributed by atoms with E-state index >= 15 is 0 Å². The molecule has 4 aromatic rings. The van der Waals surface area contributed by atoms with Gasteiger partial charge in [-0.05, 0) is 30.2 Å². The molecule has 1 N–H and O–H groups in total. The van der Waals surface area contributed by atoms with E-state index in [4.69, 9.17) is 16.3 Å². The lowest BCUT2D eigenvalue weighted by Crippen LogP contribution is -2.12. The topological polar surface area (TPSA) is 76.5 Å². The maximum Gasteiger partial charge on any atom is 0.331 e. The number of ether oxygens (including phenoxy) is 1. The molecule has 0 amide bonds. The smallest absolute Gasteiger partial charge is 0.331 e. The number of esters is 1. The number of carbonyl (C=O) groups is 2. The third kappa shape index (κ3) is 3.67. The van der Waals surface area contributed by atoms with Crippen LogP contribution in [0.2, 0.25) is 5.15 Å². The molecule has 1 aromatic carbocycles. The largest absolute Gasteiger partial charge is 0.454 e. The van der Waals surface area contributed by atoms with Crippen molar-refractivity contribution in [1.29, 1.82) is 0 Å². The van der Waals surface area contributed by atoms with Gasteiger partial charge in [-0.3, -0.25) is 9.20 Å². The fourth-order valence-corrected chi connectivity index (χ4v) is 3.53. The first kappa shape index (κ1) is 19.0. The van der Waals surface area contributed by atoms with Crippen molar-refractivity contribution in [3.05, 3.63) is 76.8 Å². The zero-order chi connectivity index (χ0) is 20.4. The number of rotatable bonds is 6. The number of pyridine rings is 1. The number of nitrogens with one attached hydrogen (secondary N) is 1. The van der Waals surface area contributed by atoms with Crippen molar-refractivity contribution in [3.63, 3.8) is 0 Å². The number of halogens is 1. The maximum absolute atomic E-state index is 12.5. The Morgan fingerprint density at radius 2 is 2.10 bits per heavy atom. The molecule has 0 fully saturated rings. The molecule has 4 rings (SSSR count). The van der Waals surface area contributed by atoms with Crippen LogP contribution < -0.4 is 0 Å². The SMILES string of the molecule is CCc1cccc2c(C(=O)COC(=O)/C=C/c3c(Cl)nc4ccccn34)c[nH]c12. The highest BCUT2D eigenvalue weighted by Gasteiger charge is 2.15. The van der Waals surface area contributed by atoms with Crippen LogP contribution in [0.4, 0.5) is 0 Å². The molecule has 3 aromatic heterocycles. The summed E-state index contributed by atoms with van der Waals surface area (Å²) in [6, 6.07) is 11.3. The molecule has 0 bridgehead atoms. The fraction of sp³-hybridized carbons (Fsp3) is 0.136. The van der Waals surface area contributed by atoms with Crippen molar-refractivity contribution in [2.75, 3.05) is 6.61 Å². The van der Waals surface area contributed by atoms with E-state index in [1.54, 1.807) is 16.8 Å². The van der Waals surface area contributed by atoms with Crippen LogP contribution in [0.1, 0.15) is 28.5 Å². The van der Waals surface area contributed by atoms with Gasteiger partial charge in [0, 0.05) is 34.9 Å². The van der Waals surface area contributed by atoms with Gasteiger partial charge in [0.05, 0.1) is 5.69 Å². The third-order valence-corrected chi connectivity index (χ3v) is 5.01. The predicted octanol–water partition coefficient (Wildman–Crippen LogP) is 4.47. The molecule has 29 heavy (non-hydrogen) atoms. The summed E-state index contributed by atoms with van der Waals surface area (Å²) in [7, 11) is 0. The Balaban J connectivity index is 1.45. The van der Waals surface area contributed by atoms with E-state index in [1.165, 1.54) is 12.2 Å². The summed E-state index contributed by atoms with van der Waals surface area (Å²) < 4.78 is 6.88. The van der Waals surface area contributed by atoms with Gasteiger partial charge < -0.3 is 9.72 Å². The minimum absolute atomic E-state index is 0.265. The van der Waals surface area contributed by atoms with Crippen molar-refractivity contribution in [1.82, 2.24) is 14.4 Å². The predicted molar refractivity (Wildman–Crippen MR) is 112 cm³/mol. The van der Waals surface area contributed by atoms with Gasteiger partial charge in [0.1, 0.15) is 5.65 Å². The highest BCUT2D eigenvalue weighted by Crippen LogP contribution is 2.23. The van der Waals surface area contributed by atoms with Crippen LogP contribution in [0.25, 0.3) is 22.6 Å². The van der Waals surface area contributed by atoms with Crippen LogP contribution in [0.3, 0.4) is 0 Å². The number of benzene rings is 1. The van der Waals surface area contributed by atoms with Gasteiger partial charge in [-0.15, -0.1) is 0 Å². The molecule has 0 aliphatic rings. The van der Waals surface area contributed by atoms with E-state index in [-0.39, 0.29) is 17.5 Å². The van der Waals surface area contributed by atoms with E-state index in [0.717, 1.165) is 22.9 Å². The van der Waals surface area contributed by atoms with Gasteiger partial charge in [0.25, 0.3) is 0 Å². The molecule has 0 atom stereocenters. The standard InChI is InChI=1S/C22H18ClN3O3/c1-2-14-6-5-7-15-16(12-24-21(14)15)18(27)13-29-20(28)10-9-17-22(23)25-19-8-3-4-11-26(17)19/h3-12,24H,2,13H2,1H3/b10-9+. The second-order valence-electron chi connectivity index (χ2n) is 6.48. The van der Waals surface area contributed by atoms with Crippen molar-refractivity contribution in [3.8, 4) is 0 Å². The minimum atomic E-state index is -0.630. The first-order valence-electron chi connectivity index (χ1n) is 9.18. The number of aromatic amines is 1. The molecule has 0 saturated heterocycles. The lowest BCUT2D eigenvalue weighted by Gasteiger charge is -2.02. The highest BCUT2D eigenvalue weighted by molar-refractivity contribution is 6.31. The number of fused-ring (bicyclic) bond motifs is 2. The normalized spacial score (nSPS) is 11.5. The van der Waals surface area contributed by atoms with Crippen LogP contribution in [0.5, 0.6) is 0 Å². The molecular formula is C22H18ClN3O3. The van der Waals surface area contributed by atoms with Crippen LogP contribution in [0.15, 0.2) is 54.9 Å². The van der Waals surface area contributed by atoms with Crippen LogP contribution in [0, 0.1) is 0 Å². The Morgan fingerprint density at radius 1 is 1.24 bits per heavy atom. The Kier molecular flexibility index (Phi) is 5.18. The Bertz CT molecular complexity index is 1250. The zero-order valence-corrected chi connectivity index (χ0v) is 16.4. The molecule has 0 unspecified atom stereocenters. The molecule has 6 nitrogen and oxygen atoms in total. The van der Waals surface area contributed by atoms with Crippen LogP contribution in [-0.2, 0) is 16.0 Å². The highest BCUT2D eigenvalue weighted by atomic mass is 35.5.